The van der Waals surface area contributed by atoms with E-state index in [0.29, 0.717) is 11.4 Å². The van der Waals surface area contributed by atoms with Crippen molar-refractivity contribution in [1.29, 1.82) is 0 Å². The van der Waals surface area contributed by atoms with Gasteiger partial charge in [-0.25, -0.2) is 8.42 Å². The van der Waals surface area contributed by atoms with E-state index in [9.17, 15) is 8.42 Å². The molecule has 0 bridgehead atoms. The molecular weight excluding hydrogens is 326 g/mol. The molecule has 1 heterocycles. The van der Waals surface area contributed by atoms with E-state index in [1.807, 2.05) is 12.1 Å². The molecule has 1 aliphatic heterocycles. The predicted octanol–water partition coefficient (Wildman–Crippen LogP) is 2.72. The van der Waals surface area contributed by atoms with E-state index in [0.717, 1.165) is 37.4 Å². The van der Waals surface area contributed by atoms with Crippen LogP contribution < -0.4 is 0 Å². The fourth-order valence-electron chi connectivity index (χ4n) is 3.12. The number of aryl methyl sites for hydroxylation is 2. The van der Waals surface area contributed by atoms with Gasteiger partial charge in [0.25, 0.3) is 0 Å². The number of halogens is 1. The molecule has 1 aliphatic carbocycles. The van der Waals surface area contributed by atoms with Crippen LogP contribution >= 0.6 is 15.9 Å². The first-order valence-corrected chi connectivity index (χ1v) is 9.38. The highest BCUT2D eigenvalue weighted by atomic mass is 79.9. The Labute approximate surface area is 123 Å². The highest BCUT2D eigenvalue weighted by molar-refractivity contribution is 9.09. The molecule has 1 aromatic rings. The van der Waals surface area contributed by atoms with Gasteiger partial charge in [-0.2, -0.15) is 4.31 Å². The Morgan fingerprint density at radius 2 is 2.00 bits per heavy atom. The lowest BCUT2D eigenvalue weighted by Crippen LogP contribution is -2.36. The molecule has 1 fully saturated rings. The summed E-state index contributed by atoms with van der Waals surface area (Å²) in [5.41, 5.74) is 2.54. The molecule has 0 amide bonds. The highest BCUT2D eigenvalue weighted by Crippen LogP contribution is 2.30. The molecule has 0 spiro atoms. The fraction of sp³-hybridized carbons (Fsp3) is 0.571. The second kappa shape index (κ2) is 5.19. The first-order valence-electron chi connectivity index (χ1n) is 6.82. The van der Waals surface area contributed by atoms with E-state index >= 15 is 0 Å². The quantitative estimate of drug-likeness (QED) is 0.791. The minimum Gasteiger partial charge on any atom is -0.207 e. The third kappa shape index (κ3) is 2.36. The summed E-state index contributed by atoms with van der Waals surface area (Å²) in [4.78, 5) is 0.473. The van der Waals surface area contributed by atoms with Crippen molar-refractivity contribution in [3.8, 4) is 0 Å². The Morgan fingerprint density at radius 3 is 2.79 bits per heavy atom. The summed E-state index contributed by atoms with van der Waals surface area (Å²) in [5.74, 6) is 0. The van der Waals surface area contributed by atoms with Gasteiger partial charge in [-0.15, -0.1) is 0 Å². The Hall–Kier alpha value is -0.390. The van der Waals surface area contributed by atoms with Crippen LogP contribution in [0.2, 0.25) is 0 Å². The van der Waals surface area contributed by atoms with E-state index in [2.05, 4.69) is 15.9 Å². The number of benzene rings is 1. The maximum absolute atomic E-state index is 12.7. The van der Waals surface area contributed by atoms with Crippen molar-refractivity contribution in [1.82, 2.24) is 4.31 Å². The van der Waals surface area contributed by atoms with Gasteiger partial charge in [-0.1, -0.05) is 22.0 Å². The van der Waals surface area contributed by atoms with Crippen LogP contribution in [0.1, 0.15) is 30.4 Å². The number of hydrogen-bond donors (Lipinski definition) is 0. The number of hydrogen-bond acceptors (Lipinski definition) is 2. The molecule has 1 aromatic carbocycles. The van der Waals surface area contributed by atoms with Crippen molar-refractivity contribution in [2.75, 3.05) is 11.9 Å². The van der Waals surface area contributed by atoms with Gasteiger partial charge in [-0.3, -0.25) is 0 Å². The number of alkyl halides is 1. The normalized spacial score (nSPS) is 23.7. The lowest BCUT2D eigenvalue weighted by Gasteiger charge is -2.22. The molecule has 0 radical (unpaired) electrons. The number of rotatable bonds is 3. The topological polar surface area (TPSA) is 37.4 Å². The SMILES string of the molecule is O=S(=O)(c1ccc2c(c1)CCC2)N1CCCC1CBr. The summed E-state index contributed by atoms with van der Waals surface area (Å²) in [7, 11) is -3.32. The fourth-order valence-corrected chi connectivity index (χ4v) is 5.73. The zero-order valence-electron chi connectivity index (χ0n) is 10.8. The molecule has 0 N–H and O–H groups in total. The maximum Gasteiger partial charge on any atom is 0.243 e. The number of fused-ring (bicyclic) bond motifs is 1. The van der Waals surface area contributed by atoms with Crippen LogP contribution in [0, 0.1) is 0 Å². The summed E-state index contributed by atoms with van der Waals surface area (Å²) >= 11 is 3.43. The van der Waals surface area contributed by atoms with Crippen molar-refractivity contribution in [2.24, 2.45) is 0 Å². The van der Waals surface area contributed by atoms with Crippen LogP contribution in [0.3, 0.4) is 0 Å². The van der Waals surface area contributed by atoms with Gasteiger partial charge in [0.1, 0.15) is 0 Å². The molecular formula is C14H18BrNO2S. The van der Waals surface area contributed by atoms with E-state index in [1.165, 1.54) is 11.1 Å². The highest BCUT2D eigenvalue weighted by Gasteiger charge is 2.34. The zero-order chi connectivity index (χ0) is 13.5. The van der Waals surface area contributed by atoms with E-state index in [1.54, 1.807) is 10.4 Å². The van der Waals surface area contributed by atoms with Crippen LogP contribution in [0.25, 0.3) is 0 Å². The van der Waals surface area contributed by atoms with Gasteiger partial charge in [0, 0.05) is 17.9 Å². The summed E-state index contributed by atoms with van der Waals surface area (Å²) < 4.78 is 27.1. The van der Waals surface area contributed by atoms with Gasteiger partial charge in [0.15, 0.2) is 0 Å². The first-order chi connectivity index (χ1) is 9.13. The van der Waals surface area contributed by atoms with Gasteiger partial charge < -0.3 is 0 Å². The average molecular weight is 344 g/mol. The van der Waals surface area contributed by atoms with Crippen molar-refractivity contribution >= 4 is 26.0 Å². The lowest BCUT2D eigenvalue weighted by molar-refractivity contribution is 0.413. The summed E-state index contributed by atoms with van der Waals surface area (Å²) in [6.45, 7) is 0.648. The molecule has 0 aromatic heterocycles. The Kier molecular flexibility index (Phi) is 3.71. The number of nitrogens with zero attached hydrogens (tertiary/aromatic N) is 1. The van der Waals surface area contributed by atoms with E-state index < -0.39 is 10.0 Å². The van der Waals surface area contributed by atoms with Crippen LogP contribution in [0.4, 0.5) is 0 Å². The van der Waals surface area contributed by atoms with Crippen LogP contribution in [0.15, 0.2) is 23.1 Å². The molecule has 1 unspecified atom stereocenters. The summed E-state index contributed by atoms with van der Waals surface area (Å²) in [5, 5.41) is 0.719. The minimum absolute atomic E-state index is 0.109. The van der Waals surface area contributed by atoms with Crippen LogP contribution in [-0.2, 0) is 22.9 Å². The van der Waals surface area contributed by atoms with Gasteiger partial charge >= 0.3 is 0 Å². The molecule has 3 rings (SSSR count). The molecule has 3 nitrogen and oxygen atoms in total. The second-order valence-electron chi connectivity index (χ2n) is 5.35. The van der Waals surface area contributed by atoms with Crippen LogP contribution in [0.5, 0.6) is 0 Å². The maximum atomic E-state index is 12.7. The summed E-state index contributed by atoms with van der Waals surface area (Å²) in [6.07, 6.45) is 5.16. The standard InChI is InChI=1S/C14H18BrNO2S/c15-10-13-5-2-8-16(13)19(17,18)14-7-6-11-3-1-4-12(11)9-14/h6-7,9,13H,1-5,8,10H2. The average Bonchev–Trinajstić information content (AvgIpc) is 3.06. The smallest absolute Gasteiger partial charge is 0.207 e. The van der Waals surface area contributed by atoms with E-state index in [4.69, 9.17) is 0 Å². The molecule has 0 saturated carbocycles. The number of sulfonamides is 1. The molecule has 2 aliphatic rings. The van der Waals surface area contributed by atoms with Crippen molar-refractivity contribution < 1.29 is 8.42 Å². The third-order valence-corrected chi connectivity index (χ3v) is 6.87. The second-order valence-corrected chi connectivity index (χ2v) is 7.89. The minimum atomic E-state index is -3.32. The van der Waals surface area contributed by atoms with Crippen LogP contribution in [-0.4, -0.2) is 30.6 Å². The van der Waals surface area contributed by atoms with Crippen molar-refractivity contribution in [3.63, 3.8) is 0 Å². The van der Waals surface area contributed by atoms with Gasteiger partial charge in [0.05, 0.1) is 4.90 Å². The van der Waals surface area contributed by atoms with Gasteiger partial charge in [-0.05, 0) is 55.4 Å². The molecule has 104 valence electrons. The lowest BCUT2D eigenvalue weighted by atomic mass is 10.1. The molecule has 5 heteroatoms. The molecule has 1 atom stereocenters. The summed E-state index contributed by atoms with van der Waals surface area (Å²) in [6, 6.07) is 5.77. The van der Waals surface area contributed by atoms with E-state index in [-0.39, 0.29) is 6.04 Å². The Bertz CT molecular complexity index is 585. The predicted molar refractivity (Wildman–Crippen MR) is 79.2 cm³/mol. The molecule has 19 heavy (non-hydrogen) atoms. The Morgan fingerprint density at radius 1 is 1.21 bits per heavy atom. The largest absolute Gasteiger partial charge is 0.243 e. The van der Waals surface area contributed by atoms with Gasteiger partial charge in [0.2, 0.25) is 10.0 Å². The van der Waals surface area contributed by atoms with Crippen molar-refractivity contribution in [3.05, 3.63) is 29.3 Å². The Balaban J connectivity index is 1.96. The first kappa shape index (κ1) is 13.6. The third-order valence-electron chi connectivity index (χ3n) is 4.18. The zero-order valence-corrected chi connectivity index (χ0v) is 13.2. The monoisotopic (exact) mass is 343 g/mol. The molecule has 1 saturated heterocycles. The van der Waals surface area contributed by atoms with Crippen molar-refractivity contribution in [2.45, 2.75) is 43.0 Å².